The summed E-state index contributed by atoms with van der Waals surface area (Å²) in [6.07, 6.45) is 6.18. The Bertz CT molecular complexity index is 278. The highest BCUT2D eigenvalue weighted by Gasteiger charge is 2.33. The second-order valence-corrected chi connectivity index (χ2v) is 6.62. The van der Waals surface area contributed by atoms with Crippen molar-refractivity contribution >= 4 is 5.97 Å². The first kappa shape index (κ1) is 16.4. The van der Waals surface area contributed by atoms with E-state index in [0.717, 1.165) is 12.8 Å². The average molecular weight is 271 g/mol. The van der Waals surface area contributed by atoms with E-state index in [1.54, 1.807) is 0 Å². The van der Waals surface area contributed by atoms with Crippen molar-refractivity contribution in [1.29, 1.82) is 0 Å². The summed E-state index contributed by atoms with van der Waals surface area (Å²) in [5.74, 6) is -0.134. The van der Waals surface area contributed by atoms with E-state index in [0.29, 0.717) is 26.2 Å². The van der Waals surface area contributed by atoms with Gasteiger partial charge in [0.2, 0.25) is 0 Å². The van der Waals surface area contributed by atoms with Crippen molar-refractivity contribution in [2.45, 2.75) is 64.9 Å². The molecular weight excluding hydrogens is 242 g/mol. The monoisotopic (exact) mass is 271 g/mol. The van der Waals surface area contributed by atoms with Crippen LogP contribution in [0.3, 0.4) is 0 Å². The van der Waals surface area contributed by atoms with Crippen LogP contribution in [-0.2, 0) is 14.3 Å². The Hall–Kier alpha value is -0.610. The van der Waals surface area contributed by atoms with Gasteiger partial charge in [-0.1, -0.05) is 19.3 Å². The molecule has 0 aromatic rings. The predicted molar refractivity (Wildman–Crippen MR) is 75.9 cm³/mol. The van der Waals surface area contributed by atoms with Gasteiger partial charge in [0.1, 0.15) is 6.61 Å². The Labute approximate surface area is 117 Å². The van der Waals surface area contributed by atoms with Crippen LogP contribution < -0.4 is 5.73 Å². The number of hydrogen-bond acceptors (Lipinski definition) is 4. The van der Waals surface area contributed by atoms with Gasteiger partial charge in [0.05, 0.1) is 18.6 Å². The van der Waals surface area contributed by atoms with Crippen LogP contribution in [0.2, 0.25) is 0 Å². The molecule has 1 rings (SSSR count). The highest BCUT2D eigenvalue weighted by atomic mass is 16.6. The summed E-state index contributed by atoms with van der Waals surface area (Å²) in [6.45, 7) is 7.32. The van der Waals surface area contributed by atoms with Crippen molar-refractivity contribution < 1.29 is 14.3 Å². The smallest absolute Gasteiger partial charge is 0.306 e. The van der Waals surface area contributed by atoms with E-state index in [1.807, 2.05) is 20.8 Å². The van der Waals surface area contributed by atoms with Gasteiger partial charge in [0.25, 0.3) is 0 Å². The lowest BCUT2D eigenvalue weighted by Gasteiger charge is -2.35. The number of carbonyl (C=O) groups excluding carboxylic acids is 1. The number of rotatable bonds is 6. The van der Waals surface area contributed by atoms with Crippen molar-refractivity contribution in [2.75, 3.05) is 19.8 Å². The van der Waals surface area contributed by atoms with Gasteiger partial charge in [-0.15, -0.1) is 0 Å². The zero-order chi connectivity index (χ0) is 14.4. The molecule has 0 radical (unpaired) electrons. The first-order valence-corrected chi connectivity index (χ1v) is 7.37. The number of carbonyl (C=O) groups is 1. The molecule has 0 unspecified atom stereocenters. The fourth-order valence-electron chi connectivity index (χ4n) is 2.62. The van der Waals surface area contributed by atoms with Crippen LogP contribution in [0, 0.1) is 5.41 Å². The maximum Gasteiger partial charge on any atom is 0.306 e. The minimum atomic E-state index is -0.186. The standard InChI is InChI=1S/C15H29NO3/c1-14(2,3)19-10-9-18-13(17)11-15(12-16)7-5-4-6-8-15/h4-12,16H2,1-3H3. The molecule has 1 aliphatic rings. The van der Waals surface area contributed by atoms with Crippen LogP contribution in [0.25, 0.3) is 0 Å². The summed E-state index contributed by atoms with van der Waals surface area (Å²) in [5.41, 5.74) is 5.67. The first-order valence-electron chi connectivity index (χ1n) is 7.37. The van der Waals surface area contributed by atoms with Gasteiger partial charge in [-0.05, 0) is 45.6 Å². The van der Waals surface area contributed by atoms with E-state index in [1.165, 1.54) is 19.3 Å². The highest BCUT2D eigenvalue weighted by molar-refractivity contribution is 5.70. The third-order valence-electron chi connectivity index (χ3n) is 3.75. The highest BCUT2D eigenvalue weighted by Crippen LogP contribution is 2.38. The van der Waals surface area contributed by atoms with Crippen LogP contribution >= 0.6 is 0 Å². The molecule has 2 N–H and O–H groups in total. The Morgan fingerprint density at radius 3 is 2.32 bits per heavy atom. The van der Waals surface area contributed by atoms with Crippen molar-refractivity contribution in [3.05, 3.63) is 0 Å². The molecule has 0 aromatic carbocycles. The average Bonchev–Trinajstić information content (AvgIpc) is 2.35. The summed E-state index contributed by atoms with van der Waals surface area (Å²) >= 11 is 0. The van der Waals surface area contributed by atoms with Gasteiger partial charge in [-0.3, -0.25) is 4.79 Å². The minimum absolute atomic E-state index is 0.0137. The number of hydrogen-bond donors (Lipinski definition) is 1. The summed E-state index contributed by atoms with van der Waals surface area (Å²) in [7, 11) is 0. The largest absolute Gasteiger partial charge is 0.463 e. The molecule has 4 heteroatoms. The number of nitrogens with two attached hydrogens (primary N) is 1. The van der Waals surface area contributed by atoms with Gasteiger partial charge < -0.3 is 15.2 Å². The molecule has 0 amide bonds. The maximum absolute atomic E-state index is 11.9. The lowest BCUT2D eigenvalue weighted by molar-refractivity contribution is -0.150. The van der Waals surface area contributed by atoms with E-state index >= 15 is 0 Å². The quantitative estimate of drug-likeness (QED) is 0.596. The maximum atomic E-state index is 11.9. The molecule has 0 aliphatic heterocycles. The molecule has 1 aliphatic carbocycles. The van der Waals surface area contributed by atoms with Crippen LogP contribution in [-0.4, -0.2) is 31.3 Å². The second kappa shape index (κ2) is 7.25. The molecule has 0 spiro atoms. The molecule has 1 saturated carbocycles. The molecule has 0 aromatic heterocycles. The van der Waals surface area contributed by atoms with E-state index in [2.05, 4.69) is 0 Å². The molecular formula is C15H29NO3. The number of ether oxygens (including phenoxy) is 2. The predicted octanol–water partition coefficient (Wildman–Crippen LogP) is 2.64. The molecule has 19 heavy (non-hydrogen) atoms. The van der Waals surface area contributed by atoms with Crippen molar-refractivity contribution in [2.24, 2.45) is 11.1 Å². The van der Waals surface area contributed by atoms with E-state index in [4.69, 9.17) is 15.2 Å². The third-order valence-corrected chi connectivity index (χ3v) is 3.75. The summed E-state index contributed by atoms with van der Waals surface area (Å²) < 4.78 is 10.8. The Kier molecular flexibility index (Phi) is 6.27. The molecule has 0 heterocycles. The summed E-state index contributed by atoms with van der Waals surface area (Å²) in [4.78, 5) is 11.9. The fourth-order valence-corrected chi connectivity index (χ4v) is 2.62. The zero-order valence-electron chi connectivity index (χ0n) is 12.7. The van der Waals surface area contributed by atoms with Crippen molar-refractivity contribution in [3.8, 4) is 0 Å². The van der Waals surface area contributed by atoms with Gasteiger partial charge in [0.15, 0.2) is 0 Å². The first-order chi connectivity index (χ1) is 8.87. The molecule has 4 nitrogen and oxygen atoms in total. The van der Waals surface area contributed by atoms with Crippen molar-refractivity contribution in [3.63, 3.8) is 0 Å². The molecule has 112 valence electrons. The van der Waals surface area contributed by atoms with E-state index < -0.39 is 0 Å². The lowest BCUT2D eigenvalue weighted by atomic mass is 9.72. The van der Waals surface area contributed by atoms with E-state index in [9.17, 15) is 4.79 Å². The molecule has 0 saturated heterocycles. The van der Waals surface area contributed by atoms with E-state index in [-0.39, 0.29) is 17.0 Å². The lowest BCUT2D eigenvalue weighted by Crippen LogP contribution is -2.35. The fraction of sp³-hybridized carbons (Fsp3) is 0.933. The normalized spacial score (nSPS) is 19.2. The van der Waals surface area contributed by atoms with Crippen LogP contribution in [0.1, 0.15) is 59.3 Å². The zero-order valence-corrected chi connectivity index (χ0v) is 12.7. The topological polar surface area (TPSA) is 61.5 Å². The SMILES string of the molecule is CC(C)(C)OCCOC(=O)CC1(CN)CCCCC1. The second-order valence-electron chi connectivity index (χ2n) is 6.62. The molecule has 1 fully saturated rings. The van der Waals surface area contributed by atoms with Gasteiger partial charge in [-0.2, -0.15) is 0 Å². The van der Waals surface area contributed by atoms with Crippen molar-refractivity contribution in [1.82, 2.24) is 0 Å². The molecule has 0 bridgehead atoms. The Balaban J connectivity index is 2.26. The summed E-state index contributed by atoms with van der Waals surface area (Å²) in [5, 5.41) is 0. The van der Waals surface area contributed by atoms with Gasteiger partial charge >= 0.3 is 5.97 Å². The minimum Gasteiger partial charge on any atom is -0.463 e. The Morgan fingerprint density at radius 2 is 1.79 bits per heavy atom. The molecule has 0 atom stereocenters. The van der Waals surface area contributed by atoms with Gasteiger partial charge in [-0.25, -0.2) is 0 Å². The number of esters is 1. The Morgan fingerprint density at radius 1 is 1.16 bits per heavy atom. The van der Waals surface area contributed by atoms with Crippen LogP contribution in [0.4, 0.5) is 0 Å². The van der Waals surface area contributed by atoms with Crippen LogP contribution in [0.15, 0.2) is 0 Å². The van der Waals surface area contributed by atoms with Gasteiger partial charge in [0, 0.05) is 0 Å². The van der Waals surface area contributed by atoms with Crippen LogP contribution in [0.5, 0.6) is 0 Å². The third kappa shape index (κ3) is 6.39. The summed E-state index contributed by atoms with van der Waals surface area (Å²) in [6, 6.07) is 0.